The number of aromatic nitrogens is 1. The SMILES string of the molecule is CCCC[C@H]1C=CCN1C(=O)c1ccc(=O)[nH]c1. The molecular weight excluding hydrogens is 228 g/mol. The summed E-state index contributed by atoms with van der Waals surface area (Å²) in [5, 5.41) is 0. The van der Waals surface area contributed by atoms with Crippen LogP contribution >= 0.6 is 0 Å². The highest BCUT2D eigenvalue weighted by Gasteiger charge is 2.24. The maximum absolute atomic E-state index is 12.3. The second-order valence-corrected chi connectivity index (χ2v) is 4.54. The van der Waals surface area contributed by atoms with Crippen LogP contribution in [0.3, 0.4) is 0 Å². The van der Waals surface area contributed by atoms with Gasteiger partial charge in [0.15, 0.2) is 0 Å². The molecule has 1 aliphatic rings. The van der Waals surface area contributed by atoms with Crippen molar-refractivity contribution in [2.75, 3.05) is 6.54 Å². The van der Waals surface area contributed by atoms with Crippen molar-refractivity contribution in [3.63, 3.8) is 0 Å². The molecule has 0 saturated heterocycles. The van der Waals surface area contributed by atoms with E-state index in [-0.39, 0.29) is 17.5 Å². The van der Waals surface area contributed by atoms with Gasteiger partial charge in [0.2, 0.25) is 5.56 Å². The molecule has 1 aromatic heterocycles. The van der Waals surface area contributed by atoms with Crippen molar-refractivity contribution in [2.24, 2.45) is 0 Å². The molecular formula is C14H18N2O2. The second kappa shape index (κ2) is 5.67. The number of nitrogens with zero attached hydrogens (tertiary/aromatic N) is 1. The van der Waals surface area contributed by atoms with Crippen molar-refractivity contribution in [3.8, 4) is 0 Å². The maximum Gasteiger partial charge on any atom is 0.256 e. The Morgan fingerprint density at radius 3 is 3.00 bits per heavy atom. The molecule has 0 aromatic carbocycles. The third-order valence-corrected chi connectivity index (χ3v) is 3.21. The summed E-state index contributed by atoms with van der Waals surface area (Å²) in [6.45, 7) is 2.80. The van der Waals surface area contributed by atoms with Crippen molar-refractivity contribution in [1.29, 1.82) is 0 Å². The molecule has 1 aliphatic heterocycles. The first-order valence-corrected chi connectivity index (χ1v) is 6.38. The third kappa shape index (κ3) is 2.70. The molecule has 1 aromatic rings. The van der Waals surface area contributed by atoms with E-state index in [2.05, 4.69) is 18.0 Å². The molecule has 2 heterocycles. The van der Waals surface area contributed by atoms with Gasteiger partial charge >= 0.3 is 0 Å². The van der Waals surface area contributed by atoms with Crippen LogP contribution in [0.2, 0.25) is 0 Å². The minimum Gasteiger partial charge on any atom is -0.328 e. The van der Waals surface area contributed by atoms with E-state index in [1.807, 2.05) is 11.0 Å². The number of pyridine rings is 1. The zero-order valence-electron chi connectivity index (χ0n) is 10.6. The van der Waals surface area contributed by atoms with Gasteiger partial charge < -0.3 is 9.88 Å². The number of unbranched alkanes of at least 4 members (excludes halogenated alkanes) is 1. The molecule has 0 saturated carbocycles. The molecule has 1 amide bonds. The van der Waals surface area contributed by atoms with Gasteiger partial charge in [0, 0.05) is 18.8 Å². The van der Waals surface area contributed by atoms with Crippen molar-refractivity contribution in [2.45, 2.75) is 32.2 Å². The van der Waals surface area contributed by atoms with Gasteiger partial charge in [0.25, 0.3) is 5.91 Å². The standard InChI is InChI=1S/C14H18N2O2/c1-2-3-5-12-6-4-9-16(12)14(18)11-7-8-13(17)15-10-11/h4,6-8,10,12H,2-3,5,9H2,1H3,(H,15,17)/t12-/m0/s1. The highest BCUT2D eigenvalue weighted by Crippen LogP contribution is 2.18. The second-order valence-electron chi connectivity index (χ2n) is 4.54. The summed E-state index contributed by atoms with van der Waals surface area (Å²) in [5.74, 6) is -0.0163. The summed E-state index contributed by atoms with van der Waals surface area (Å²) in [6.07, 6.45) is 8.86. The van der Waals surface area contributed by atoms with Crippen LogP contribution in [-0.4, -0.2) is 28.4 Å². The number of nitrogens with one attached hydrogen (secondary N) is 1. The molecule has 0 bridgehead atoms. The number of hydrogen-bond acceptors (Lipinski definition) is 2. The fourth-order valence-corrected chi connectivity index (χ4v) is 2.18. The Balaban J connectivity index is 2.08. The Hall–Kier alpha value is -1.84. The first-order chi connectivity index (χ1) is 8.72. The highest BCUT2D eigenvalue weighted by molar-refractivity contribution is 5.94. The van der Waals surface area contributed by atoms with Gasteiger partial charge in [-0.15, -0.1) is 0 Å². The minimum absolute atomic E-state index is 0.0163. The molecule has 1 atom stereocenters. The lowest BCUT2D eigenvalue weighted by Crippen LogP contribution is -2.36. The van der Waals surface area contributed by atoms with Gasteiger partial charge in [-0.3, -0.25) is 9.59 Å². The van der Waals surface area contributed by atoms with Gasteiger partial charge in [0.05, 0.1) is 11.6 Å². The Morgan fingerprint density at radius 1 is 1.50 bits per heavy atom. The molecule has 0 fully saturated rings. The van der Waals surface area contributed by atoms with E-state index in [0.717, 1.165) is 19.3 Å². The quantitative estimate of drug-likeness (QED) is 0.825. The predicted molar refractivity (Wildman–Crippen MR) is 70.6 cm³/mol. The van der Waals surface area contributed by atoms with Crippen LogP contribution < -0.4 is 5.56 Å². The maximum atomic E-state index is 12.3. The molecule has 0 spiro atoms. The normalized spacial score (nSPS) is 18.3. The Labute approximate surface area is 106 Å². The van der Waals surface area contributed by atoms with Crippen molar-refractivity contribution >= 4 is 5.91 Å². The fraction of sp³-hybridized carbons (Fsp3) is 0.429. The minimum atomic E-state index is -0.186. The average Bonchev–Trinajstić information content (AvgIpc) is 2.84. The molecule has 4 heteroatoms. The lowest BCUT2D eigenvalue weighted by atomic mass is 10.1. The van der Waals surface area contributed by atoms with Crippen LogP contribution in [0.5, 0.6) is 0 Å². The number of H-pyrrole nitrogens is 1. The molecule has 18 heavy (non-hydrogen) atoms. The Bertz CT molecular complexity index is 484. The summed E-state index contributed by atoms with van der Waals surface area (Å²) in [6, 6.07) is 3.16. The predicted octanol–water partition coefficient (Wildman–Crippen LogP) is 1.95. The number of amides is 1. The molecule has 0 unspecified atom stereocenters. The third-order valence-electron chi connectivity index (χ3n) is 3.21. The lowest BCUT2D eigenvalue weighted by molar-refractivity contribution is 0.0743. The van der Waals surface area contributed by atoms with E-state index in [9.17, 15) is 9.59 Å². The summed E-state index contributed by atoms with van der Waals surface area (Å²) in [5.41, 5.74) is 0.355. The summed E-state index contributed by atoms with van der Waals surface area (Å²) in [7, 11) is 0. The summed E-state index contributed by atoms with van der Waals surface area (Å²) in [4.78, 5) is 27.7. The Morgan fingerprint density at radius 2 is 2.33 bits per heavy atom. The van der Waals surface area contributed by atoms with Gasteiger partial charge in [-0.1, -0.05) is 31.9 Å². The molecule has 4 nitrogen and oxygen atoms in total. The van der Waals surface area contributed by atoms with E-state index >= 15 is 0 Å². The Kier molecular flexibility index (Phi) is 3.97. The number of aromatic amines is 1. The van der Waals surface area contributed by atoms with E-state index in [1.54, 1.807) is 6.07 Å². The van der Waals surface area contributed by atoms with Gasteiger partial charge in [-0.2, -0.15) is 0 Å². The van der Waals surface area contributed by atoms with Crippen LogP contribution in [0.15, 0.2) is 35.3 Å². The number of carbonyl (C=O) groups is 1. The highest BCUT2D eigenvalue weighted by atomic mass is 16.2. The van der Waals surface area contributed by atoms with Gasteiger partial charge in [-0.05, 0) is 12.5 Å². The van der Waals surface area contributed by atoms with Crippen LogP contribution in [-0.2, 0) is 0 Å². The number of hydrogen-bond donors (Lipinski definition) is 1. The van der Waals surface area contributed by atoms with Crippen molar-refractivity contribution in [3.05, 3.63) is 46.4 Å². The molecule has 0 radical (unpaired) electrons. The topological polar surface area (TPSA) is 53.2 Å². The van der Waals surface area contributed by atoms with Crippen LogP contribution in [0.1, 0.15) is 36.5 Å². The smallest absolute Gasteiger partial charge is 0.256 e. The largest absolute Gasteiger partial charge is 0.328 e. The van der Waals surface area contributed by atoms with Crippen molar-refractivity contribution in [1.82, 2.24) is 9.88 Å². The van der Waals surface area contributed by atoms with E-state index in [4.69, 9.17) is 0 Å². The van der Waals surface area contributed by atoms with Crippen LogP contribution in [0, 0.1) is 0 Å². The van der Waals surface area contributed by atoms with E-state index in [1.165, 1.54) is 12.3 Å². The number of carbonyl (C=O) groups excluding carboxylic acids is 1. The molecule has 1 N–H and O–H groups in total. The van der Waals surface area contributed by atoms with Crippen LogP contribution in [0.4, 0.5) is 0 Å². The monoisotopic (exact) mass is 246 g/mol. The molecule has 96 valence electrons. The zero-order chi connectivity index (χ0) is 13.0. The summed E-state index contributed by atoms with van der Waals surface area (Å²) >= 11 is 0. The zero-order valence-corrected chi connectivity index (χ0v) is 10.6. The number of rotatable bonds is 4. The molecule has 0 aliphatic carbocycles. The average molecular weight is 246 g/mol. The molecule has 2 rings (SSSR count). The first-order valence-electron chi connectivity index (χ1n) is 6.38. The first kappa shape index (κ1) is 12.6. The van der Waals surface area contributed by atoms with Crippen LogP contribution in [0.25, 0.3) is 0 Å². The van der Waals surface area contributed by atoms with E-state index < -0.39 is 0 Å². The van der Waals surface area contributed by atoms with Gasteiger partial charge in [0.1, 0.15) is 0 Å². The van der Waals surface area contributed by atoms with E-state index in [0.29, 0.717) is 12.1 Å². The van der Waals surface area contributed by atoms with Crippen molar-refractivity contribution < 1.29 is 4.79 Å². The van der Waals surface area contributed by atoms with Gasteiger partial charge in [-0.25, -0.2) is 0 Å². The summed E-state index contributed by atoms with van der Waals surface area (Å²) < 4.78 is 0. The fourth-order valence-electron chi connectivity index (χ4n) is 2.18. The lowest BCUT2D eigenvalue weighted by Gasteiger charge is -2.24.